The summed E-state index contributed by atoms with van der Waals surface area (Å²) in [5, 5.41) is 17.1. The number of benzene rings is 2. The highest BCUT2D eigenvalue weighted by Gasteiger charge is 2.42. The van der Waals surface area contributed by atoms with Crippen LogP contribution in [0.1, 0.15) is 35.4 Å². The van der Waals surface area contributed by atoms with Gasteiger partial charge in [0.1, 0.15) is 5.75 Å². The number of nitrogens with zero attached hydrogens (tertiary/aromatic N) is 3. The molecule has 0 amide bonds. The lowest BCUT2D eigenvalue weighted by Gasteiger charge is -2.38. The highest BCUT2D eigenvalue weighted by atomic mass is 16.5. The number of hydrogen-bond donors (Lipinski definition) is 1. The van der Waals surface area contributed by atoms with Crippen LogP contribution < -0.4 is 9.47 Å². The van der Waals surface area contributed by atoms with E-state index in [9.17, 15) is 5.11 Å². The summed E-state index contributed by atoms with van der Waals surface area (Å²) in [7, 11) is 1.64. The number of hydrogen-bond acceptors (Lipinski definition) is 6. The fraction of sp³-hybridized carbons (Fsp3) is 0.182. The lowest BCUT2D eigenvalue weighted by atomic mass is 9.95. The number of methoxy groups -OCH3 is 1. The molecule has 0 unspecified atom stereocenters. The van der Waals surface area contributed by atoms with E-state index in [1.54, 1.807) is 25.6 Å². The summed E-state index contributed by atoms with van der Waals surface area (Å²) < 4.78 is 11.9. The SMILES string of the molecule is COc1cccc2c1O[C@H](c1ccncc1)N1N=C(c3ccccc3O)C[C@H]21. The van der Waals surface area contributed by atoms with Crippen molar-refractivity contribution in [2.24, 2.45) is 5.10 Å². The Morgan fingerprint density at radius 3 is 2.68 bits per heavy atom. The molecule has 3 heterocycles. The van der Waals surface area contributed by atoms with E-state index in [0.29, 0.717) is 12.2 Å². The van der Waals surface area contributed by atoms with Crippen LogP contribution in [-0.2, 0) is 0 Å². The summed E-state index contributed by atoms with van der Waals surface area (Å²) in [4.78, 5) is 4.11. The average molecular weight is 373 g/mol. The lowest BCUT2D eigenvalue weighted by molar-refractivity contribution is -0.0209. The number of aromatic hydroxyl groups is 1. The largest absolute Gasteiger partial charge is 0.507 e. The molecule has 1 aromatic heterocycles. The fourth-order valence-corrected chi connectivity index (χ4v) is 3.87. The van der Waals surface area contributed by atoms with Gasteiger partial charge in [-0.25, -0.2) is 5.01 Å². The second-order valence-corrected chi connectivity index (χ2v) is 6.79. The summed E-state index contributed by atoms with van der Waals surface area (Å²) in [6.45, 7) is 0. The zero-order valence-electron chi connectivity index (χ0n) is 15.3. The minimum atomic E-state index is -0.403. The van der Waals surface area contributed by atoms with Gasteiger partial charge in [-0.2, -0.15) is 5.10 Å². The third-order valence-corrected chi connectivity index (χ3v) is 5.21. The highest BCUT2D eigenvalue weighted by molar-refractivity contribution is 6.04. The smallest absolute Gasteiger partial charge is 0.214 e. The van der Waals surface area contributed by atoms with Gasteiger partial charge >= 0.3 is 0 Å². The van der Waals surface area contributed by atoms with Crippen molar-refractivity contribution in [1.29, 1.82) is 0 Å². The normalized spacial score (nSPS) is 20.0. The van der Waals surface area contributed by atoms with Gasteiger partial charge in [0, 0.05) is 35.5 Å². The van der Waals surface area contributed by atoms with Crippen molar-refractivity contribution in [2.75, 3.05) is 7.11 Å². The number of phenolic OH excluding ortho intramolecular Hbond substituents is 1. The molecule has 0 spiro atoms. The van der Waals surface area contributed by atoms with Crippen LogP contribution in [-0.4, -0.2) is 27.9 Å². The van der Waals surface area contributed by atoms with Crippen molar-refractivity contribution in [3.63, 3.8) is 0 Å². The lowest BCUT2D eigenvalue weighted by Crippen LogP contribution is -2.33. The van der Waals surface area contributed by atoms with E-state index in [2.05, 4.69) is 4.98 Å². The molecule has 28 heavy (non-hydrogen) atoms. The van der Waals surface area contributed by atoms with Gasteiger partial charge in [-0.1, -0.05) is 24.3 Å². The molecule has 0 aliphatic carbocycles. The Labute approximate surface area is 162 Å². The van der Waals surface area contributed by atoms with Crippen LogP contribution in [0.5, 0.6) is 17.2 Å². The number of fused-ring (bicyclic) bond motifs is 3. The van der Waals surface area contributed by atoms with Crippen molar-refractivity contribution in [2.45, 2.75) is 18.7 Å². The summed E-state index contributed by atoms with van der Waals surface area (Å²) in [6, 6.07) is 17.0. The van der Waals surface area contributed by atoms with Crippen molar-refractivity contribution in [3.05, 3.63) is 83.7 Å². The first-order valence-corrected chi connectivity index (χ1v) is 9.14. The van der Waals surface area contributed by atoms with Crippen LogP contribution in [0.3, 0.4) is 0 Å². The molecular formula is C22H19N3O3. The summed E-state index contributed by atoms with van der Waals surface area (Å²) in [5.41, 5.74) is 3.56. The van der Waals surface area contributed by atoms with Crippen LogP contribution in [0.2, 0.25) is 0 Å². The molecule has 2 aromatic carbocycles. The molecule has 140 valence electrons. The van der Waals surface area contributed by atoms with Crippen molar-refractivity contribution < 1.29 is 14.6 Å². The molecule has 0 bridgehead atoms. The first-order chi connectivity index (χ1) is 13.8. The zero-order chi connectivity index (χ0) is 19.1. The Kier molecular flexibility index (Phi) is 3.90. The van der Waals surface area contributed by atoms with Gasteiger partial charge in [-0.15, -0.1) is 0 Å². The maximum absolute atomic E-state index is 10.3. The second kappa shape index (κ2) is 6.56. The molecule has 1 N–H and O–H groups in total. The number of ether oxygens (including phenoxy) is 2. The fourth-order valence-electron chi connectivity index (χ4n) is 3.87. The molecule has 3 aromatic rings. The molecule has 5 rings (SSSR count). The molecule has 6 nitrogen and oxygen atoms in total. The first kappa shape index (κ1) is 16.6. The predicted molar refractivity (Wildman–Crippen MR) is 104 cm³/mol. The standard InChI is InChI=1S/C22H19N3O3/c1-27-20-8-4-6-16-18-13-17(15-5-2-3-7-19(15)26)24-25(18)22(28-21(16)20)14-9-11-23-12-10-14/h2-12,18,22,26H,13H2,1H3/t18-,22-/m1/s1. The number of para-hydroxylation sites is 2. The Bertz CT molecular complexity index is 1050. The number of rotatable bonds is 3. The Hall–Kier alpha value is -3.54. The van der Waals surface area contributed by atoms with Crippen LogP contribution in [0.25, 0.3) is 0 Å². The molecule has 0 saturated carbocycles. The van der Waals surface area contributed by atoms with Gasteiger partial charge in [0.15, 0.2) is 11.5 Å². The molecule has 0 radical (unpaired) electrons. The second-order valence-electron chi connectivity index (χ2n) is 6.79. The van der Waals surface area contributed by atoms with Crippen LogP contribution in [0, 0.1) is 0 Å². The Morgan fingerprint density at radius 1 is 1.07 bits per heavy atom. The first-order valence-electron chi connectivity index (χ1n) is 9.14. The maximum atomic E-state index is 10.3. The minimum absolute atomic E-state index is 0.00776. The molecule has 0 fully saturated rings. The van der Waals surface area contributed by atoms with E-state index in [4.69, 9.17) is 14.6 Å². The topological polar surface area (TPSA) is 67.2 Å². The van der Waals surface area contributed by atoms with Gasteiger partial charge < -0.3 is 14.6 Å². The average Bonchev–Trinajstić information content (AvgIpc) is 3.19. The molecule has 2 aliphatic heterocycles. The molecule has 6 heteroatoms. The maximum Gasteiger partial charge on any atom is 0.214 e. The summed E-state index contributed by atoms with van der Waals surface area (Å²) in [5.74, 6) is 1.67. The molecular weight excluding hydrogens is 354 g/mol. The van der Waals surface area contributed by atoms with Gasteiger partial charge in [0.25, 0.3) is 0 Å². The van der Waals surface area contributed by atoms with Crippen molar-refractivity contribution in [1.82, 2.24) is 9.99 Å². The van der Waals surface area contributed by atoms with E-state index in [1.807, 2.05) is 53.5 Å². The van der Waals surface area contributed by atoms with E-state index in [-0.39, 0.29) is 11.8 Å². The zero-order valence-corrected chi connectivity index (χ0v) is 15.3. The predicted octanol–water partition coefficient (Wildman–Crippen LogP) is 4.04. The summed E-state index contributed by atoms with van der Waals surface area (Å²) >= 11 is 0. The van der Waals surface area contributed by atoms with Gasteiger partial charge in [-0.3, -0.25) is 4.98 Å². The van der Waals surface area contributed by atoms with Gasteiger partial charge in [0.2, 0.25) is 6.23 Å². The summed E-state index contributed by atoms with van der Waals surface area (Å²) in [6.07, 6.45) is 3.76. The highest BCUT2D eigenvalue weighted by Crippen LogP contribution is 2.50. The number of pyridine rings is 1. The third kappa shape index (κ3) is 2.57. The third-order valence-electron chi connectivity index (χ3n) is 5.21. The monoisotopic (exact) mass is 373 g/mol. The van der Waals surface area contributed by atoms with Crippen LogP contribution in [0.15, 0.2) is 72.1 Å². The Balaban J connectivity index is 1.64. The van der Waals surface area contributed by atoms with Gasteiger partial charge in [-0.05, 0) is 30.3 Å². The van der Waals surface area contributed by atoms with Crippen molar-refractivity contribution in [3.8, 4) is 17.2 Å². The van der Waals surface area contributed by atoms with E-state index < -0.39 is 6.23 Å². The van der Waals surface area contributed by atoms with Crippen molar-refractivity contribution >= 4 is 5.71 Å². The van der Waals surface area contributed by atoms with Crippen LogP contribution in [0.4, 0.5) is 0 Å². The van der Waals surface area contributed by atoms with E-state index in [0.717, 1.165) is 28.2 Å². The van der Waals surface area contributed by atoms with Gasteiger partial charge in [0.05, 0.1) is 18.9 Å². The number of hydrazone groups is 1. The molecule has 0 saturated heterocycles. The van der Waals surface area contributed by atoms with E-state index in [1.165, 1.54) is 0 Å². The molecule has 2 aliphatic rings. The minimum Gasteiger partial charge on any atom is -0.507 e. The van der Waals surface area contributed by atoms with E-state index >= 15 is 0 Å². The molecule has 2 atom stereocenters. The number of aromatic nitrogens is 1. The quantitative estimate of drug-likeness (QED) is 0.751. The number of phenols is 1. The Morgan fingerprint density at radius 2 is 1.89 bits per heavy atom. The van der Waals surface area contributed by atoms with Crippen LogP contribution >= 0.6 is 0 Å².